The molecule has 2 N–H and O–H groups in total. The van der Waals surface area contributed by atoms with Crippen molar-refractivity contribution >= 4 is 18.5 Å². The van der Waals surface area contributed by atoms with Crippen molar-refractivity contribution in [2.45, 2.75) is 57.3 Å². The highest BCUT2D eigenvalue weighted by molar-refractivity contribution is 5.85. The molecule has 0 aliphatic carbocycles. The molecular weight excluding hydrogens is 268 g/mol. The second-order valence-corrected chi connectivity index (χ2v) is 6.33. The summed E-state index contributed by atoms with van der Waals surface area (Å²) in [5, 5.41) is 0. The van der Waals surface area contributed by atoms with E-state index in [0.717, 1.165) is 19.3 Å². The van der Waals surface area contributed by atoms with E-state index in [9.17, 15) is 4.79 Å². The Balaban J connectivity index is 0.00000180. The standard InChI is InChI=1S/C13H24N2O3.ClH/c1-12(2,3)18-11(16)15-6-4-13(5-7-15)8-10(9-14)17-13;/h10H,4-9,14H2,1-3H3;1H. The SMILES string of the molecule is CC(C)(C)OC(=O)N1CCC2(CC1)CC(CN)O2.Cl. The van der Waals surface area contributed by atoms with Crippen molar-refractivity contribution in [1.82, 2.24) is 4.90 Å². The molecule has 1 amide bonds. The number of nitrogens with two attached hydrogens (primary N) is 1. The van der Waals surface area contributed by atoms with Gasteiger partial charge in [0.1, 0.15) is 5.60 Å². The predicted octanol–water partition coefficient (Wildman–Crippen LogP) is 1.93. The second kappa shape index (κ2) is 5.85. The van der Waals surface area contributed by atoms with Crippen LogP contribution in [0.4, 0.5) is 4.79 Å². The van der Waals surface area contributed by atoms with E-state index in [1.165, 1.54) is 0 Å². The van der Waals surface area contributed by atoms with E-state index in [2.05, 4.69) is 0 Å². The molecule has 2 aliphatic heterocycles. The molecular formula is C13H25ClN2O3. The number of halogens is 1. The van der Waals surface area contributed by atoms with Gasteiger partial charge >= 0.3 is 6.09 Å². The Morgan fingerprint density at radius 1 is 1.42 bits per heavy atom. The minimum Gasteiger partial charge on any atom is -0.444 e. The Bertz CT molecular complexity index is 314. The van der Waals surface area contributed by atoms with Crippen LogP contribution in [0.15, 0.2) is 0 Å². The Hall–Kier alpha value is -0.520. The molecule has 0 radical (unpaired) electrons. The highest BCUT2D eigenvalue weighted by Gasteiger charge is 2.47. The third kappa shape index (κ3) is 3.97. The first-order valence-electron chi connectivity index (χ1n) is 6.69. The van der Waals surface area contributed by atoms with Crippen LogP contribution in [0.5, 0.6) is 0 Å². The van der Waals surface area contributed by atoms with E-state index in [0.29, 0.717) is 19.6 Å². The molecule has 2 rings (SSSR count). The van der Waals surface area contributed by atoms with Crippen LogP contribution < -0.4 is 5.73 Å². The first-order chi connectivity index (χ1) is 8.34. The second-order valence-electron chi connectivity index (χ2n) is 6.33. The molecule has 2 heterocycles. The molecule has 112 valence electrons. The number of carbonyl (C=O) groups is 1. The highest BCUT2D eigenvalue weighted by Crippen LogP contribution is 2.40. The van der Waals surface area contributed by atoms with Crippen molar-refractivity contribution in [3.05, 3.63) is 0 Å². The fourth-order valence-electron chi connectivity index (χ4n) is 2.64. The summed E-state index contributed by atoms with van der Waals surface area (Å²) in [5.74, 6) is 0. The fraction of sp³-hybridized carbons (Fsp3) is 0.923. The van der Waals surface area contributed by atoms with Crippen LogP contribution in [0.2, 0.25) is 0 Å². The number of hydrogen-bond donors (Lipinski definition) is 1. The molecule has 6 heteroatoms. The summed E-state index contributed by atoms with van der Waals surface area (Å²) in [5.41, 5.74) is 5.12. The van der Waals surface area contributed by atoms with Crippen molar-refractivity contribution in [1.29, 1.82) is 0 Å². The summed E-state index contributed by atoms with van der Waals surface area (Å²) in [6.07, 6.45) is 2.82. The van der Waals surface area contributed by atoms with Gasteiger partial charge in [-0.05, 0) is 33.6 Å². The molecule has 0 bridgehead atoms. The van der Waals surface area contributed by atoms with Crippen molar-refractivity contribution in [2.24, 2.45) is 5.73 Å². The van der Waals surface area contributed by atoms with Crippen LogP contribution in [-0.4, -0.2) is 47.9 Å². The number of likely N-dealkylation sites (tertiary alicyclic amines) is 1. The van der Waals surface area contributed by atoms with Gasteiger partial charge in [-0.1, -0.05) is 0 Å². The van der Waals surface area contributed by atoms with Gasteiger partial charge in [0.2, 0.25) is 0 Å². The molecule has 0 aromatic heterocycles. The Morgan fingerprint density at radius 2 is 1.95 bits per heavy atom. The zero-order chi connectivity index (χ0) is 13.4. The summed E-state index contributed by atoms with van der Waals surface area (Å²) in [6, 6.07) is 0. The van der Waals surface area contributed by atoms with Crippen LogP contribution in [0.25, 0.3) is 0 Å². The Kier molecular flexibility index (Phi) is 5.09. The third-order valence-corrected chi connectivity index (χ3v) is 3.61. The molecule has 0 saturated carbocycles. The number of rotatable bonds is 1. The Morgan fingerprint density at radius 3 is 2.37 bits per heavy atom. The largest absolute Gasteiger partial charge is 0.444 e. The molecule has 2 fully saturated rings. The minimum atomic E-state index is -0.427. The van der Waals surface area contributed by atoms with Crippen LogP contribution in [-0.2, 0) is 9.47 Å². The lowest BCUT2D eigenvalue weighted by atomic mass is 9.81. The van der Waals surface area contributed by atoms with Crippen molar-refractivity contribution in [3.8, 4) is 0 Å². The van der Waals surface area contributed by atoms with Crippen LogP contribution in [0, 0.1) is 0 Å². The monoisotopic (exact) mass is 292 g/mol. The molecule has 1 unspecified atom stereocenters. The molecule has 0 aromatic rings. The van der Waals surface area contributed by atoms with E-state index in [4.69, 9.17) is 15.2 Å². The molecule has 19 heavy (non-hydrogen) atoms. The number of amides is 1. The topological polar surface area (TPSA) is 64.8 Å². The van der Waals surface area contributed by atoms with E-state index in [-0.39, 0.29) is 30.2 Å². The summed E-state index contributed by atoms with van der Waals surface area (Å²) in [6.45, 7) is 7.68. The first-order valence-corrected chi connectivity index (χ1v) is 6.69. The van der Waals surface area contributed by atoms with Gasteiger partial charge < -0.3 is 20.1 Å². The van der Waals surface area contributed by atoms with E-state index >= 15 is 0 Å². The number of piperidine rings is 1. The van der Waals surface area contributed by atoms with Crippen molar-refractivity contribution in [3.63, 3.8) is 0 Å². The highest BCUT2D eigenvalue weighted by atomic mass is 35.5. The van der Waals surface area contributed by atoms with Crippen LogP contribution >= 0.6 is 12.4 Å². The van der Waals surface area contributed by atoms with Gasteiger partial charge in [-0.15, -0.1) is 12.4 Å². The zero-order valence-corrected chi connectivity index (χ0v) is 12.8. The number of ether oxygens (including phenoxy) is 2. The van der Waals surface area contributed by atoms with Gasteiger partial charge in [0, 0.05) is 26.1 Å². The average Bonchev–Trinajstić information content (AvgIpc) is 2.23. The smallest absolute Gasteiger partial charge is 0.410 e. The maximum absolute atomic E-state index is 11.9. The molecule has 1 spiro atoms. The number of nitrogens with zero attached hydrogens (tertiary/aromatic N) is 1. The average molecular weight is 293 g/mol. The van der Waals surface area contributed by atoms with Crippen molar-refractivity contribution < 1.29 is 14.3 Å². The number of carbonyl (C=O) groups excluding carboxylic acids is 1. The first kappa shape index (κ1) is 16.5. The molecule has 5 nitrogen and oxygen atoms in total. The van der Waals surface area contributed by atoms with Gasteiger partial charge in [0.25, 0.3) is 0 Å². The maximum Gasteiger partial charge on any atom is 0.410 e. The molecule has 2 saturated heterocycles. The lowest BCUT2D eigenvalue weighted by Crippen LogP contribution is -2.59. The van der Waals surface area contributed by atoms with Gasteiger partial charge in [0.15, 0.2) is 0 Å². The van der Waals surface area contributed by atoms with E-state index < -0.39 is 5.60 Å². The zero-order valence-electron chi connectivity index (χ0n) is 12.0. The Labute approximate surface area is 121 Å². The fourth-order valence-corrected chi connectivity index (χ4v) is 2.64. The van der Waals surface area contributed by atoms with Gasteiger partial charge in [-0.25, -0.2) is 4.79 Å². The summed E-state index contributed by atoms with van der Waals surface area (Å²) in [4.78, 5) is 13.7. The summed E-state index contributed by atoms with van der Waals surface area (Å²) < 4.78 is 11.2. The van der Waals surface area contributed by atoms with E-state index in [1.54, 1.807) is 4.90 Å². The maximum atomic E-state index is 11.9. The molecule has 0 aromatic carbocycles. The lowest BCUT2D eigenvalue weighted by molar-refractivity contribution is -0.219. The normalized spacial score (nSPS) is 25.5. The van der Waals surface area contributed by atoms with Gasteiger partial charge in [-0.2, -0.15) is 0 Å². The molecule has 2 aliphatic rings. The van der Waals surface area contributed by atoms with Crippen LogP contribution in [0.3, 0.4) is 0 Å². The van der Waals surface area contributed by atoms with Crippen LogP contribution in [0.1, 0.15) is 40.0 Å². The minimum absolute atomic E-state index is 0. The van der Waals surface area contributed by atoms with Gasteiger partial charge in [0.05, 0.1) is 11.7 Å². The lowest BCUT2D eigenvalue weighted by Gasteiger charge is -2.51. The summed E-state index contributed by atoms with van der Waals surface area (Å²) in [7, 11) is 0. The van der Waals surface area contributed by atoms with Gasteiger partial charge in [-0.3, -0.25) is 0 Å². The third-order valence-electron chi connectivity index (χ3n) is 3.61. The molecule has 1 atom stereocenters. The number of hydrogen-bond acceptors (Lipinski definition) is 4. The summed E-state index contributed by atoms with van der Waals surface area (Å²) >= 11 is 0. The van der Waals surface area contributed by atoms with Crippen molar-refractivity contribution in [2.75, 3.05) is 19.6 Å². The quantitative estimate of drug-likeness (QED) is 0.802. The van der Waals surface area contributed by atoms with E-state index in [1.807, 2.05) is 20.8 Å². The predicted molar refractivity (Wildman–Crippen MR) is 75.6 cm³/mol.